The minimum Gasteiger partial charge on any atom is -0.145 e. The van der Waals surface area contributed by atoms with Gasteiger partial charge in [0.05, 0.1) is 0 Å². The van der Waals surface area contributed by atoms with Crippen LogP contribution in [-0.4, -0.2) is 0 Å². The van der Waals surface area contributed by atoms with Gasteiger partial charge in [0.2, 0.25) is 0 Å². The molecule has 0 unspecified atom stereocenters. The summed E-state index contributed by atoms with van der Waals surface area (Å²) in [6.07, 6.45) is 1.25. The van der Waals surface area contributed by atoms with Crippen molar-refractivity contribution in [2.75, 3.05) is 0 Å². The molecule has 1 heterocycles. The first kappa shape index (κ1) is 24.9. The Balaban J connectivity index is 0. The summed E-state index contributed by atoms with van der Waals surface area (Å²) in [5.41, 5.74) is 6.36. The number of rotatable bonds is 2. The van der Waals surface area contributed by atoms with Crippen LogP contribution in [0.4, 0.5) is 0 Å². The van der Waals surface area contributed by atoms with Crippen molar-refractivity contribution in [1.29, 1.82) is 0 Å². The lowest BCUT2D eigenvalue weighted by Crippen LogP contribution is -1.89. The van der Waals surface area contributed by atoms with Crippen LogP contribution in [0.5, 0.6) is 0 Å². The first-order chi connectivity index (χ1) is 11.4. The average molecular weight is 347 g/mol. The van der Waals surface area contributed by atoms with Crippen LogP contribution in [-0.2, 0) is 0 Å². The lowest BCUT2D eigenvalue weighted by atomic mass is 9.96. The van der Waals surface area contributed by atoms with Gasteiger partial charge in [-0.3, -0.25) is 0 Å². The second-order valence-electron chi connectivity index (χ2n) is 5.27. The Hall–Kier alpha value is -1.34. The van der Waals surface area contributed by atoms with Gasteiger partial charge in [-0.25, -0.2) is 0 Å². The van der Waals surface area contributed by atoms with E-state index in [1.807, 2.05) is 39.0 Å². The van der Waals surface area contributed by atoms with Gasteiger partial charge in [0, 0.05) is 9.75 Å². The van der Waals surface area contributed by atoms with Gasteiger partial charge in [-0.1, -0.05) is 84.4 Å². The molecule has 0 fully saturated rings. The molecule has 136 valence electrons. The quantitative estimate of drug-likeness (QED) is 0.511. The van der Waals surface area contributed by atoms with Crippen molar-refractivity contribution in [3.8, 4) is 0 Å². The molecule has 0 saturated heterocycles. The minimum absolute atomic E-state index is 1.14. The summed E-state index contributed by atoms with van der Waals surface area (Å²) in [5.74, 6) is 0. The van der Waals surface area contributed by atoms with Crippen LogP contribution in [0.3, 0.4) is 0 Å². The maximum absolute atomic E-state index is 4.27. The molecule has 0 aliphatic carbocycles. The summed E-state index contributed by atoms with van der Waals surface area (Å²) < 4.78 is 0. The van der Waals surface area contributed by atoms with Crippen molar-refractivity contribution in [3.63, 3.8) is 0 Å². The first-order valence-electron chi connectivity index (χ1n) is 9.25. The third kappa shape index (κ3) is 7.49. The maximum atomic E-state index is 4.27. The Morgan fingerprint density at radius 2 is 1.25 bits per heavy atom. The second-order valence-corrected chi connectivity index (χ2v) is 6.69. The van der Waals surface area contributed by atoms with E-state index < -0.39 is 0 Å². The van der Waals surface area contributed by atoms with Crippen LogP contribution in [0.15, 0.2) is 30.8 Å². The largest absolute Gasteiger partial charge is 0.145 e. The number of hydrogen-bond acceptors (Lipinski definition) is 1. The van der Waals surface area contributed by atoms with Gasteiger partial charge < -0.3 is 0 Å². The summed E-state index contributed by atoms with van der Waals surface area (Å²) in [6.45, 7) is 25.2. The molecule has 0 amide bonds. The summed E-state index contributed by atoms with van der Waals surface area (Å²) in [4.78, 5) is 2.76. The van der Waals surface area contributed by atoms with E-state index >= 15 is 0 Å². The van der Waals surface area contributed by atoms with Crippen molar-refractivity contribution in [2.45, 2.75) is 75.7 Å². The van der Waals surface area contributed by atoms with Gasteiger partial charge in [0.1, 0.15) is 0 Å². The van der Waals surface area contributed by atoms with Gasteiger partial charge in [-0.2, -0.15) is 0 Å². The first-order valence-corrected chi connectivity index (χ1v) is 10.1. The van der Waals surface area contributed by atoms with Crippen LogP contribution in [0.25, 0.3) is 5.57 Å². The molecule has 24 heavy (non-hydrogen) atoms. The van der Waals surface area contributed by atoms with Gasteiger partial charge in [0.15, 0.2) is 0 Å². The molecule has 0 aliphatic rings. The molecule has 0 N–H and O–H groups in total. The molecule has 2 rings (SSSR count). The molecule has 1 aromatic carbocycles. The third-order valence-electron chi connectivity index (χ3n) is 3.26. The van der Waals surface area contributed by atoms with Crippen molar-refractivity contribution in [1.82, 2.24) is 0 Å². The van der Waals surface area contributed by atoms with E-state index in [1.54, 1.807) is 0 Å². The van der Waals surface area contributed by atoms with Crippen LogP contribution in [0, 0.1) is 27.7 Å². The lowest BCUT2D eigenvalue weighted by molar-refractivity contribution is 1.09. The number of hydrogen-bond donors (Lipinski definition) is 0. The van der Waals surface area contributed by atoms with Crippen LogP contribution in [0.2, 0.25) is 0 Å². The zero-order valence-corrected chi connectivity index (χ0v) is 18.4. The van der Waals surface area contributed by atoms with Crippen LogP contribution < -0.4 is 0 Å². The van der Waals surface area contributed by atoms with Gasteiger partial charge in [0.25, 0.3) is 0 Å². The smallest absolute Gasteiger partial charge is 0.00981 e. The van der Waals surface area contributed by atoms with Crippen LogP contribution in [0.1, 0.15) is 80.0 Å². The van der Waals surface area contributed by atoms with Crippen molar-refractivity contribution in [2.24, 2.45) is 0 Å². The highest BCUT2D eigenvalue weighted by Gasteiger charge is 2.13. The molecular formula is C23H38S. The molecule has 0 bridgehead atoms. The lowest BCUT2D eigenvalue weighted by Gasteiger charge is -2.08. The van der Waals surface area contributed by atoms with E-state index in [1.165, 1.54) is 38.4 Å². The Morgan fingerprint density at radius 1 is 0.833 bits per heavy atom. The van der Waals surface area contributed by atoms with Crippen molar-refractivity contribution < 1.29 is 0 Å². The molecule has 1 aromatic heterocycles. The van der Waals surface area contributed by atoms with E-state index in [2.05, 4.69) is 72.4 Å². The van der Waals surface area contributed by atoms with E-state index in [4.69, 9.17) is 0 Å². The maximum Gasteiger partial charge on any atom is 0.00981 e. The van der Waals surface area contributed by atoms with Gasteiger partial charge in [-0.05, 0) is 50.0 Å². The Kier molecular flexibility index (Phi) is 14.6. The van der Waals surface area contributed by atoms with Crippen molar-refractivity contribution in [3.05, 3.63) is 62.9 Å². The monoisotopic (exact) mass is 346 g/mol. The normalized spacial score (nSPS) is 8.75. The molecule has 0 aliphatic heterocycles. The van der Waals surface area contributed by atoms with E-state index in [0.29, 0.717) is 0 Å². The second kappa shape index (κ2) is 14.0. The average Bonchev–Trinajstić information content (AvgIpc) is 2.84. The predicted molar refractivity (Wildman–Crippen MR) is 117 cm³/mol. The van der Waals surface area contributed by atoms with Crippen molar-refractivity contribution >= 4 is 16.9 Å². The fourth-order valence-electron chi connectivity index (χ4n) is 2.14. The fourth-order valence-corrected chi connectivity index (χ4v) is 3.23. The SMILES string of the molecule is C=C(c1ccc(C)cc1)c1c(C)sc(C)c1C.CC.CC.CCC. The topological polar surface area (TPSA) is 0 Å². The fraction of sp³-hybridized carbons (Fsp3) is 0.478. The zero-order valence-electron chi connectivity index (χ0n) is 17.6. The van der Waals surface area contributed by atoms with E-state index in [0.717, 1.165) is 5.57 Å². The number of thiophene rings is 1. The Morgan fingerprint density at radius 3 is 1.58 bits per heavy atom. The molecule has 0 nitrogen and oxygen atoms in total. The molecule has 0 radical (unpaired) electrons. The molecule has 1 heteroatoms. The summed E-state index contributed by atoms with van der Waals surface area (Å²) in [5, 5.41) is 0. The van der Waals surface area contributed by atoms with Gasteiger partial charge >= 0.3 is 0 Å². The zero-order chi connectivity index (χ0) is 19.3. The highest BCUT2D eigenvalue weighted by atomic mass is 32.1. The van der Waals surface area contributed by atoms with E-state index in [9.17, 15) is 0 Å². The molecule has 0 saturated carbocycles. The standard InChI is InChI=1S/C16H18S.C3H8.2C2H6/c1-10-6-8-15(9-7-10)12(3)16-11(2)13(4)17-14(16)5;1-3-2;2*1-2/h6-9H,3H2,1-2,4-5H3;3H2,1-2H3;2*1-2H3. The Labute approximate surface area is 155 Å². The molecular weight excluding hydrogens is 308 g/mol. The Bertz CT molecular complexity index is 571. The molecule has 0 spiro atoms. The third-order valence-corrected chi connectivity index (χ3v) is 4.39. The number of benzene rings is 1. The molecule has 0 atom stereocenters. The highest BCUT2D eigenvalue weighted by molar-refractivity contribution is 7.12. The van der Waals surface area contributed by atoms with Gasteiger partial charge in [-0.15, -0.1) is 11.3 Å². The predicted octanol–water partition coefficient (Wildman–Crippen LogP) is 8.51. The number of aryl methyl sites for hydroxylation is 3. The van der Waals surface area contributed by atoms with E-state index in [-0.39, 0.29) is 0 Å². The molecule has 2 aromatic rings. The minimum atomic E-state index is 1.14. The summed E-state index contributed by atoms with van der Waals surface area (Å²) >= 11 is 1.86. The van der Waals surface area contributed by atoms with Crippen LogP contribution >= 0.6 is 11.3 Å². The summed E-state index contributed by atoms with van der Waals surface area (Å²) in [6, 6.07) is 8.60. The highest BCUT2D eigenvalue weighted by Crippen LogP contribution is 2.34. The summed E-state index contributed by atoms with van der Waals surface area (Å²) in [7, 11) is 0.